The van der Waals surface area contributed by atoms with Gasteiger partial charge in [-0.15, -0.1) is 0 Å². The molecule has 0 radical (unpaired) electrons. The number of benzene rings is 2. The molecular weight excluding hydrogens is 260 g/mol. The predicted octanol–water partition coefficient (Wildman–Crippen LogP) is 4.23. The van der Waals surface area contributed by atoms with Crippen molar-refractivity contribution in [1.29, 1.82) is 0 Å². The van der Waals surface area contributed by atoms with Gasteiger partial charge in [0.25, 0.3) is 0 Å². The predicted molar refractivity (Wildman–Crippen MR) is 90.5 cm³/mol. The van der Waals surface area contributed by atoms with Crippen LogP contribution >= 0.6 is 0 Å². The van der Waals surface area contributed by atoms with Crippen molar-refractivity contribution in [3.63, 3.8) is 0 Å². The standard InChI is InChI=1S/C18H24N2O/c1-4-21-18-8-6-5-7-17(18)20-10-9-19-16-12-14(2)11-15(3)13-16/h5-8,11-13,19-20H,4,9-10H2,1-3H3. The number of hydrogen-bond acceptors (Lipinski definition) is 3. The number of anilines is 2. The van der Waals surface area contributed by atoms with E-state index in [1.54, 1.807) is 0 Å². The van der Waals surface area contributed by atoms with Gasteiger partial charge in [-0.05, 0) is 56.2 Å². The van der Waals surface area contributed by atoms with E-state index in [4.69, 9.17) is 4.74 Å². The summed E-state index contributed by atoms with van der Waals surface area (Å²) in [5, 5.41) is 6.85. The molecule has 2 aromatic carbocycles. The van der Waals surface area contributed by atoms with E-state index in [2.05, 4.69) is 42.7 Å². The Bertz CT molecular complexity index is 561. The maximum atomic E-state index is 5.60. The van der Waals surface area contributed by atoms with Crippen LogP contribution in [0.5, 0.6) is 5.75 Å². The molecule has 2 aromatic rings. The second-order valence-corrected chi connectivity index (χ2v) is 5.16. The molecule has 0 aliphatic rings. The summed E-state index contributed by atoms with van der Waals surface area (Å²) in [5.41, 5.74) is 4.79. The summed E-state index contributed by atoms with van der Waals surface area (Å²) in [4.78, 5) is 0. The van der Waals surface area contributed by atoms with Gasteiger partial charge in [0.1, 0.15) is 5.75 Å². The van der Waals surface area contributed by atoms with E-state index in [0.29, 0.717) is 6.61 Å². The number of rotatable bonds is 7. The maximum Gasteiger partial charge on any atom is 0.142 e. The Morgan fingerprint density at radius 1 is 0.905 bits per heavy atom. The smallest absolute Gasteiger partial charge is 0.142 e. The molecule has 3 nitrogen and oxygen atoms in total. The molecule has 2 rings (SSSR count). The SMILES string of the molecule is CCOc1ccccc1NCCNc1cc(C)cc(C)c1. The highest BCUT2D eigenvalue weighted by molar-refractivity contribution is 5.56. The van der Waals surface area contributed by atoms with Crippen molar-refractivity contribution in [1.82, 2.24) is 0 Å². The van der Waals surface area contributed by atoms with Crippen LogP contribution in [0.2, 0.25) is 0 Å². The zero-order valence-electron chi connectivity index (χ0n) is 13.1. The minimum Gasteiger partial charge on any atom is -0.492 e. The fourth-order valence-corrected chi connectivity index (χ4v) is 2.37. The molecule has 2 N–H and O–H groups in total. The van der Waals surface area contributed by atoms with Gasteiger partial charge >= 0.3 is 0 Å². The zero-order chi connectivity index (χ0) is 15.1. The second kappa shape index (κ2) is 7.58. The molecule has 0 aromatic heterocycles. The molecule has 3 heteroatoms. The molecule has 0 amide bonds. The molecule has 0 atom stereocenters. The summed E-state index contributed by atoms with van der Waals surface area (Å²) in [7, 11) is 0. The first-order valence-electron chi connectivity index (χ1n) is 7.47. The van der Waals surface area contributed by atoms with Crippen LogP contribution in [0.4, 0.5) is 11.4 Å². The van der Waals surface area contributed by atoms with Crippen molar-refractivity contribution in [2.75, 3.05) is 30.3 Å². The maximum absolute atomic E-state index is 5.60. The second-order valence-electron chi connectivity index (χ2n) is 5.16. The first kappa shape index (κ1) is 15.2. The lowest BCUT2D eigenvalue weighted by atomic mass is 10.1. The van der Waals surface area contributed by atoms with Crippen LogP contribution in [-0.2, 0) is 0 Å². The van der Waals surface area contributed by atoms with Crippen LogP contribution in [0.3, 0.4) is 0 Å². The fraction of sp³-hybridized carbons (Fsp3) is 0.333. The average Bonchev–Trinajstić information content (AvgIpc) is 2.44. The molecule has 112 valence electrons. The lowest BCUT2D eigenvalue weighted by Gasteiger charge is -2.13. The topological polar surface area (TPSA) is 33.3 Å². The molecule has 0 aliphatic heterocycles. The zero-order valence-corrected chi connectivity index (χ0v) is 13.1. The van der Waals surface area contributed by atoms with Gasteiger partial charge in [-0.3, -0.25) is 0 Å². The average molecular weight is 284 g/mol. The van der Waals surface area contributed by atoms with Gasteiger partial charge in [0.05, 0.1) is 12.3 Å². The minimum atomic E-state index is 0.680. The van der Waals surface area contributed by atoms with Crippen LogP contribution in [-0.4, -0.2) is 19.7 Å². The number of ether oxygens (including phenoxy) is 1. The number of hydrogen-bond donors (Lipinski definition) is 2. The molecule has 0 unspecified atom stereocenters. The molecular formula is C18H24N2O. The third kappa shape index (κ3) is 4.71. The first-order chi connectivity index (χ1) is 10.2. The Morgan fingerprint density at radius 2 is 1.57 bits per heavy atom. The summed E-state index contributed by atoms with van der Waals surface area (Å²) in [5.74, 6) is 0.909. The van der Waals surface area contributed by atoms with Crippen molar-refractivity contribution in [3.05, 3.63) is 53.6 Å². The third-order valence-corrected chi connectivity index (χ3v) is 3.18. The largest absolute Gasteiger partial charge is 0.492 e. The molecule has 0 spiro atoms. The summed E-state index contributed by atoms with van der Waals surface area (Å²) >= 11 is 0. The number of aryl methyl sites for hydroxylation is 2. The highest BCUT2D eigenvalue weighted by Gasteiger charge is 2.01. The van der Waals surface area contributed by atoms with Crippen molar-refractivity contribution in [2.45, 2.75) is 20.8 Å². The Kier molecular flexibility index (Phi) is 5.50. The number of nitrogens with one attached hydrogen (secondary N) is 2. The molecule has 0 aliphatic carbocycles. The Labute approximate surface area is 127 Å². The summed E-state index contributed by atoms with van der Waals surface area (Å²) in [6.07, 6.45) is 0. The fourth-order valence-electron chi connectivity index (χ4n) is 2.37. The van der Waals surface area contributed by atoms with E-state index in [1.165, 1.54) is 16.8 Å². The summed E-state index contributed by atoms with van der Waals surface area (Å²) < 4.78 is 5.60. The molecule has 0 bridgehead atoms. The molecule has 0 fully saturated rings. The minimum absolute atomic E-state index is 0.680. The first-order valence-corrected chi connectivity index (χ1v) is 7.47. The quantitative estimate of drug-likeness (QED) is 0.747. The molecule has 0 saturated heterocycles. The van der Waals surface area contributed by atoms with E-state index < -0.39 is 0 Å². The van der Waals surface area contributed by atoms with Gasteiger partial charge < -0.3 is 15.4 Å². The van der Waals surface area contributed by atoms with E-state index in [0.717, 1.165) is 24.5 Å². The third-order valence-electron chi connectivity index (χ3n) is 3.18. The van der Waals surface area contributed by atoms with E-state index in [9.17, 15) is 0 Å². The number of para-hydroxylation sites is 2. The Morgan fingerprint density at radius 3 is 2.29 bits per heavy atom. The van der Waals surface area contributed by atoms with Crippen LogP contribution < -0.4 is 15.4 Å². The lowest BCUT2D eigenvalue weighted by molar-refractivity contribution is 0.342. The van der Waals surface area contributed by atoms with Crippen LogP contribution in [0, 0.1) is 13.8 Å². The van der Waals surface area contributed by atoms with Gasteiger partial charge in [-0.25, -0.2) is 0 Å². The highest BCUT2D eigenvalue weighted by Crippen LogP contribution is 2.23. The monoisotopic (exact) mass is 284 g/mol. The van der Waals surface area contributed by atoms with Crippen molar-refractivity contribution in [3.8, 4) is 5.75 Å². The Balaban J connectivity index is 1.84. The van der Waals surface area contributed by atoms with E-state index >= 15 is 0 Å². The Hall–Kier alpha value is -2.16. The lowest BCUT2D eigenvalue weighted by Crippen LogP contribution is -2.14. The van der Waals surface area contributed by atoms with Crippen molar-refractivity contribution in [2.24, 2.45) is 0 Å². The van der Waals surface area contributed by atoms with Crippen molar-refractivity contribution < 1.29 is 4.74 Å². The van der Waals surface area contributed by atoms with Crippen LogP contribution in [0.15, 0.2) is 42.5 Å². The molecule has 0 saturated carbocycles. The van der Waals surface area contributed by atoms with Gasteiger partial charge in [0.15, 0.2) is 0 Å². The van der Waals surface area contributed by atoms with Crippen LogP contribution in [0.1, 0.15) is 18.1 Å². The van der Waals surface area contributed by atoms with Gasteiger partial charge in [-0.1, -0.05) is 18.2 Å². The normalized spacial score (nSPS) is 10.2. The summed E-state index contributed by atoms with van der Waals surface area (Å²) in [6.45, 7) is 8.63. The van der Waals surface area contributed by atoms with Gasteiger partial charge in [-0.2, -0.15) is 0 Å². The van der Waals surface area contributed by atoms with Gasteiger partial charge in [0, 0.05) is 18.8 Å². The molecule has 21 heavy (non-hydrogen) atoms. The van der Waals surface area contributed by atoms with E-state index in [1.807, 2.05) is 31.2 Å². The molecule has 0 heterocycles. The summed E-state index contributed by atoms with van der Waals surface area (Å²) in [6, 6.07) is 14.6. The van der Waals surface area contributed by atoms with Crippen molar-refractivity contribution >= 4 is 11.4 Å². The van der Waals surface area contributed by atoms with Crippen LogP contribution in [0.25, 0.3) is 0 Å². The van der Waals surface area contributed by atoms with E-state index in [-0.39, 0.29) is 0 Å². The van der Waals surface area contributed by atoms with Gasteiger partial charge in [0.2, 0.25) is 0 Å². The highest BCUT2D eigenvalue weighted by atomic mass is 16.5.